The molecule has 5 heteroatoms. The SMILES string of the molecule is CC(C)C(N)c1cncn1C(C)C(N)=O. The van der Waals surface area contributed by atoms with Gasteiger partial charge in [-0.15, -0.1) is 0 Å². The summed E-state index contributed by atoms with van der Waals surface area (Å²) in [5.41, 5.74) is 12.1. The largest absolute Gasteiger partial charge is 0.368 e. The highest BCUT2D eigenvalue weighted by Crippen LogP contribution is 2.21. The zero-order valence-electron chi connectivity index (χ0n) is 9.34. The molecule has 0 aliphatic rings. The number of rotatable bonds is 4. The normalized spacial score (nSPS) is 15.3. The summed E-state index contributed by atoms with van der Waals surface area (Å²) in [5, 5.41) is 0. The van der Waals surface area contributed by atoms with Crippen LogP contribution >= 0.6 is 0 Å². The minimum Gasteiger partial charge on any atom is -0.368 e. The summed E-state index contributed by atoms with van der Waals surface area (Å²) in [5.74, 6) is -0.0919. The van der Waals surface area contributed by atoms with E-state index in [4.69, 9.17) is 11.5 Å². The topological polar surface area (TPSA) is 86.9 Å². The molecule has 0 radical (unpaired) electrons. The van der Waals surface area contributed by atoms with Gasteiger partial charge in [-0.1, -0.05) is 13.8 Å². The van der Waals surface area contributed by atoms with Gasteiger partial charge in [0.1, 0.15) is 6.04 Å². The van der Waals surface area contributed by atoms with Crippen molar-refractivity contribution in [1.29, 1.82) is 0 Å². The van der Waals surface area contributed by atoms with Gasteiger partial charge in [-0.25, -0.2) is 4.98 Å². The van der Waals surface area contributed by atoms with Crippen molar-refractivity contribution in [3.8, 4) is 0 Å². The van der Waals surface area contributed by atoms with Gasteiger partial charge in [0.05, 0.1) is 12.0 Å². The van der Waals surface area contributed by atoms with Crippen molar-refractivity contribution in [2.45, 2.75) is 32.9 Å². The zero-order chi connectivity index (χ0) is 11.6. The molecule has 15 heavy (non-hydrogen) atoms. The summed E-state index contributed by atoms with van der Waals surface area (Å²) >= 11 is 0. The van der Waals surface area contributed by atoms with Crippen LogP contribution in [0.5, 0.6) is 0 Å². The van der Waals surface area contributed by atoms with Crippen molar-refractivity contribution < 1.29 is 4.79 Å². The number of imidazole rings is 1. The lowest BCUT2D eigenvalue weighted by atomic mass is 10.0. The quantitative estimate of drug-likeness (QED) is 0.762. The molecule has 2 unspecified atom stereocenters. The molecule has 1 aromatic rings. The molecule has 0 aliphatic carbocycles. The standard InChI is InChI=1S/C10H18N4O/c1-6(2)9(11)8-4-13-5-14(8)7(3)10(12)15/h4-7,9H,11H2,1-3H3,(H2,12,15). The Morgan fingerprint density at radius 3 is 2.53 bits per heavy atom. The Bertz CT molecular complexity index is 345. The van der Waals surface area contributed by atoms with Crippen LogP contribution in [0.4, 0.5) is 0 Å². The fourth-order valence-corrected chi connectivity index (χ4v) is 1.38. The second kappa shape index (κ2) is 4.44. The zero-order valence-corrected chi connectivity index (χ0v) is 9.34. The molecule has 2 atom stereocenters. The number of primary amides is 1. The Kier molecular flexibility index (Phi) is 3.47. The number of hydrogen-bond donors (Lipinski definition) is 2. The van der Waals surface area contributed by atoms with Gasteiger partial charge in [-0.2, -0.15) is 0 Å². The summed E-state index contributed by atoms with van der Waals surface area (Å²) in [6.07, 6.45) is 3.27. The molecular weight excluding hydrogens is 192 g/mol. The van der Waals surface area contributed by atoms with Crippen LogP contribution in [-0.2, 0) is 4.79 Å². The fourth-order valence-electron chi connectivity index (χ4n) is 1.38. The third-order valence-electron chi connectivity index (χ3n) is 2.58. The van der Waals surface area contributed by atoms with E-state index in [9.17, 15) is 4.79 Å². The van der Waals surface area contributed by atoms with Crippen LogP contribution < -0.4 is 11.5 Å². The van der Waals surface area contributed by atoms with E-state index in [-0.39, 0.29) is 11.9 Å². The highest BCUT2D eigenvalue weighted by Gasteiger charge is 2.20. The summed E-state index contributed by atoms with van der Waals surface area (Å²) < 4.78 is 1.73. The van der Waals surface area contributed by atoms with E-state index in [1.54, 1.807) is 24.0 Å². The molecule has 0 bridgehead atoms. The Morgan fingerprint density at radius 2 is 2.07 bits per heavy atom. The van der Waals surface area contributed by atoms with Crippen LogP contribution in [0.25, 0.3) is 0 Å². The molecule has 0 fully saturated rings. The highest BCUT2D eigenvalue weighted by molar-refractivity contribution is 5.78. The molecular formula is C10H18N4O. The molecule has 0 spiro atoms. The lowest BCUT2D eigenvalue weighted by Gasteiger charge is -2.20. The van der Waals surface area contributed by atoms with Gasteiger partial charge in [-0.3, -0.25) is 4.79 Å². The molecule has 0 saturated heterocycles. The van der Waals surface area contributed by atoms with Gasteiger partial charge < -0.3 is 16.0 Å². The molecule has 1 heterocycles. The number of nitrogens with zero attached hydrogens (tertiary/aromatic N) is 2. The van der Waals surface area contributed by atoms with Gasteiger partial charge in [0.2, 0.25) is 5.91 Å². The van der Waals surface area contributed by atoms with E-state index in [0.717, 1.165) is 5.69 Å². The van der Waals surface area contributed by atoms with Crippen LogP contribution in [0.1, 0.15) is 38.5 Å². The third kappa shape index (κ3) is 2.36. The number of hydrogen-bond acceptors (Lipinski definition) is 3. The first-order valence-corrected chi connectivity index (χ1v) is 5.01. The lowest BCUT2D eigenvalue weighted by molar-refractivity contribution is -0.120. The van der Waals surface area contributed by atoms with Gasteiger partial charge >= 0.3 is 0 Å². The van der Waals surface area contributed by atoms with Crippen LogP contribution in [0.2, 0.25) is 0 Å². The first-order chi connectivity index (χ1) is 6.95. The van der Waals surface area contributed by atoms with Crippen LogP contribution in [-0.4, -0.2) is 15.5 Å². The highest BCUT2D eigenvalue weighted by atomic mass is 16.1. The van der Waals surface area contributed by atoms with Crippen molar-refractivity contribution in [3.05, 3.63) is 18.2 Å². The lowest BCUT2D eigenvalue weighted by Crippen LogP contribution is -2.28. The van der Waals surface area contributed by atoms with Crippen molar-refractivity contribution in [1.82, 2.24) is 9.55 Å². The molecule has 4 N–H and O–H groups in total. The number of nitrogens with two attached hydrogens (primary N) is 2. The second-order valence-electron chi connectivity index (χ2n) is 4.07. The van der Waals surface area contributed by atoms with E-state index in [1.807, 2.05) is 13.8 Å². The number of carbonyl (C=O) groups excluding carboxylic acids is 1. The number of amides is 1. The molecule has 1 aromatic heterocycles. The maximum Gasteiger partial charge on any atom is 0.240 e. The maximum atomic E-state index is 11.1. The Labute approximate surface area is 89.5 Å². The molecule has 5 nitrogen and oxygen atoms in total. The van der Waals surface area contributed by atoms with Crippen LogP contribution in [0.15, 0.2) is 12.5 Å². The minimum absolute atomic E-state index is 0.130. The molecule has 0 saturated carbocycles. The van der Waals surface area contributed by atoms with E-state index >= 15 is 0 Å². The first kappa shape index (κ1) is 11.7. The third-order valence-corrected chi connectivity index (χ3v) is 2.58. The van der Waals surface area contributed by atoms with Crippen molar-refractivity contribution in [2.24, 2.45) is 17.4 Å². The van der Waals surface area contributed by atoms with Crippen molar-refractivity contribution in [2.75, 3.05) is 0 Å². The fraction of sp³-hybridized carbons (Fsp3) is 0.600. The van der Waals surface area contributed by atoms with Gasteiger partial charge in [0.25, 0.3) is 0 Å². The molecule has 0 aromatic carbocycles. The minimum atomic E-state index is -0.410. The number of aromatic nitrogens is 2. The van der Waals surface area contributed by atoms with E-state index in [1.165, 1.54) is 0 Å². The van der Waals surface area contributed by atoms with Crippen molar-refractivity contribution in [3.63, 3.8) is 0 Å². The molecule has 1 rings (SSSR count). The second-order valence-corrected chi connectivity index (χ2v) is 4.07. The van der Waals surface area contributed by atoms with Crippen molar-refractivity contribution >= 4 is 5.91 Å². The van der Waals surface area contributed by atoms with Gasteiger partial charge in [0, 0.05) is 12.2 Å². The smallest absolute Gasteiger partial charge is 0.240 e. The first-order valence-electron chi connectivity index (χ1n) is 5.01. The van der Waals surface area contributed by atoms with E-state index in [0.29, 0.717) is 5.92 Å². The Balaban J connectivity index is 3.01. The maximum absolute atomic E-state index is 11.1. The van der Waals surface area contributed by atoms with Gasteiger partial charge in [-0.05, 0) is 12.8 Å². The summed E-state index contributed by atoms with van der Waals surface area (Å²) in [4.78, 5) is 15.1. The predicted octanol–water partition coefficient (Wildman–Crippen LogP) is 0.585. The number of carbonyl (C=O) groups is 1. The predicted molar refractivity (Wildman–Crippen MR) is 57.9 cm³/mol. The molecule has 84 valence electrons. The summed E-state index contributed by atoms with van der Waals surface area (Å²) in [6.45, 7) is 5.79. The summed E-state index contributed by atoms with van der Waals surface area (Å²) in [7, 11) is 0. The average Bonchev–Trinajstić information content (AvgIpc) is 2.63. The molecule has 1 amide bonds. The van der Waals surface area contributed by atoms with E-state index < -0.39 is 6.04 Å². The van der Waals surface area contributed by atoms with Crippen LogP contribution in [0, 0.1) is 5.92 Å². The Hall–Kier alpha value is -1.36. The summed E-state index contributed by atoms with van der Waals surface area (Å²) in [6, 6.07) is -0.540. The van der Waals surface area contributed by atoms with E-state index in [2.05, 4.69) is 4.98 Å². The Morgan fingerprint density at radius 1 is 1.47 bits per heavy atom. The average molecular weight is 210 g/mol. The molecule has 0 aliphatic heterocycles. The van der Waals surface area contributed by atoms with Crippen LogP contribution in [0.3, 0.4) is 0 Å². The monoisotopic (exact) mass is 210 g/mol. The van der Waals surface area contributed by atoms with Gasteiger partial charge in [0.15, 0.2) is 0 Å².